The molecule has 0 heterocycles. The van der Waals surface area contributed by atoms with E-state index in [9.17, 15) is 14.4 Å². The number of carboxylic acids is 1. The van der Waals surface area contributed by atoms with Crippen LogP contribution < -0.4 is 17.2 Å². The highest BCUT2D eigenvalue weighted by atomic mass is 33.1. The number of aliphatic carboxylic acids is 1. The Morgan fingerprint density at radius 1 is 1.00 bits per heavy atom. The highest BCUT2D eigenvalue weighted by Gasteiger charge is 2.18. The molecule has 0 aromatic carbocycles. The fourth-order valence-electron chi connectivity index (χ4n) is 0.355. The van der Waals surface area contributed by atoms with Crippen LogP contribution in [0.25, 0.3) is 0 Å². The van der Waals surface area contributed by atoms with Crippen molar-refractivity contribution >= 4 is 63.0 Å². The smallest absolute Gasteiger partial charge is 0.317 e. The van der Waals surface area contributed by atoms with Crippen molar-refractivity contribution in [1.29, 1.82) is 0 Å². The van der Waals surface area contributed by atoms with Crippen molar-refractivity contribution < 1.29 is 19.5 Å². The summed E-state index contributed by atoms with van der Waals surface area (Å²) in [6.45, 7) is -0.278. The Balaban J connectivity index is 0. The maximum absolute atomic E-state index is 11.1. The average molecular weight is 348 g/mol. The SMILES string of the molecule is NCC(=O)O.N[C@@H](CS)C(=O)SSC(=O)[C@@H](N)CS. The third-order valence-corrected chi connectivity index (χ3v) is 4.42. The van der Waals surface area contributed by atoms with E-state index >= 15 is 0 Å². The first-order valence-corrected chi connectivity index (χ1v) is 8.28. The van der Waals surface area contributed by atoms with Gasteiger partial charge in [-0.25, -0.2) is 0 Å². The molecule has 19 heavy (non-hydrogen) atoms. The van der Waals surface area contributed by atoms with Crippen molar-refractivity contribution in [3.63, 3.8) is 0 Å². The maximum Gasteiger partial charge on any atom is 0.317 e. The van der Waals surface area contributed by atoms with Gasteiger partial charge in [0.2, 0.25) is 10.2 Å². The zero-order chi connectivity index (χ0) is 15.4. The van der Waals surface area contributed by atoms with E-state index in [1.165, 1.54) is 0 Å². The predicted molar refractivity (Wildman–Crippen MR) is 85.5 cm³/mol. The summed E-state index contributed by atoms with van der Waals surface area (Å²) in [4.78, 5) is 31.5. The van der Waals surface area contributed by atoms with Crippen molar-refractivity contribution in [1.82, 2.24) is 0 Å². The zero-order valence-electron chi connectivity index (χ0n) is 9.89. The molecule has 0 bridgehead atoms. The lowest BCUT2D eigenvalue weighted by molar-refractivity contribution is -0.135. The normalized spacial score (nSPS) is 12.9. The molecular formula is C8H17N3O4S4. The second-order valence-electron chi connectivity index (χ2n) is 2.98. The van der Waals surface area contributed by atoms with Gasteiger partial charge in [0.1, 0.15) is 0 Å². The second kappa shape index (κ2) is 13.1. The largest absolute Gasteiger partial charge is 0.480 e. The molecule has 0 saturated carbocycles. The summed E-state index contributed by atoms with van der Waals surface area (Å²) < 4.78 is 0. The van der Waals surface area contributed by atoms with Crippen molar-refractivity contribution in [2.24, 2.45) is 17.2 Å². The Bertz CT molecular complexity index is 284. The van der Waals surface area contributed by atoms with Gasteiger partial charge in [-0.3, -0.25) is 14.4 Å². The summed E-state index contributed by atoms with van der Waals surface area (Å²) in [5, 5.41) is 7.05. The van der Waals surface area contributed by atoms with E-state index in [4.69, 9.17) is 16.6 Å². The van der Waals surface area contributed by atoms with Crippen LogP contribution in [0.15, 0.2) is 0 Å². The highest BCUT2D eigenvalue weighted by molar-refractivity contribution is 8.87. The Labute approximate surface area is 130 Å². The summed E-state index contributed by atoms with van der Waals surface area (Å²) in [5.74, 6) is -0.441. The monoisotopic (exact) mass is 347 g/mol. The first-order valence-electron chi connectivity index (χ1n) is 4.87. The van der Waals surface area contributed by atoms with E-state index in [1.807, 2.05) is 0 Å². The lowest BCUT2D eigenvalue weighted by atomic mass is 10.4. The van der Waals surface area contributed by atoms with Gasteiger partial charge in [0.05, 0.1) is 18.6 Å². The van der Waals surface area contributed by atoms with E-state index in [0.717, 1.165) is 21.6 Å². The van der Waals surface area contributed by atoms with Gasteiger partial charge < -0.3 is 22.3 Å². The minimum Gasteiger partial charge on any atom is -0.480 e. The number of thiol groups is 2. The summed E-state index contributed by atoms with van der Waals surface area (Å²) >= 11 is 7.74. The predicted octanol–water partition coefficient (Wildman–Crippen LogP) is -1.04. The quantitative estimate of drug-likeness (QED) is 0.271. The molecule has 112 valence electrons. The number of hydrogen-bond donors (Lipinski definition) is 6. The van der Waals surface area contributed by atoms with E-state index in [-0.39, 0.29) is 28.3 Å². The summed E-state index contributed by atoms with van der Waals surface area (Å²) in [6, 6.07) is -1.29. The van der Waals surface area contributed by atoms with Crippen LogP contribution in [0.1, 0.15) is 0 Å². The minimum absolute atomic E-state index is 0.263. The average Bonchev–Trinajstić information content (AvgIpc) is 2.42. The van der Waals surface area contributed by atoms with Crippen molar-refractivity contribution in [2.75, 3.05) is 18.1 Å². The molecule has 0 amide bonds. The number of carbonyl (C=O) groups is 3. The lowest BCUT2D eigenvalue weighted by Gasteiger charge is -2.07. The molecule has 0 rings (SSSR count). The van der Waals surface area contributed by atoms with Crippen LogP contribution in [0.5, 0.6) is 0 Å². The molecule has 0 unspecified atom stereocenters. The Morgan fingerprint density at radius 2 is 1.26 bits per heavy atom. The fraction of sp³-hybridized carbons (Fsp3) is 0.625. The topological polar surface area (TPSA) is 150 Å². The first-order chi connectivity index (χ1) is 8.79. The van der Waals surface area contributed by atoms with Gasteiger partial charge in [-0.2, -0.15) is 25.3 Å². The maximum atomic E-state index is 11.1. The van der Waals surface area contributed by atoms with Crippen LogP contribution in [0.4, 0.5) is 0 Å². The Kier molecular flexibility index (Phi) is 14.7. The molecule has 0 saturated heterocycles. The number of carboxylic acid groups (broad SMARTS) is 1. The third kappa shape index (κ3) is 12.9. The minimum atomic E-state index is -0.968. The fourth-order valence-corrected chi connectivity index (χ4v) is 2.75. The lowest BCUT2D eigenvalue weighted by Crippen LogP contribution is -2.31. The molecule has 0 spiro atoms. The molecule has 11 heteroatoms. The van der Waals surface area contributed by atoms with E-state index < -0.39 is 18.1 Å². The van der Waals surface area contributed by atoms with Crippen molar-refractivity contribution in [3.8, 4) is 0 Å². The van der Waals surface area contributed by atoms with E-state index in [2.05, 4.69) is 31.0 Å². The van der Waals surface area contributed by atoms with Crippen molar-refractivity contribution in [2.45, 2.75) is 12.1 Å². The Hall–Kier alpha value is 0.0900. The van der Waals surface area contributed by atoms with Gasteiger partial charge in [0.25, 0.3) is 0 Å². The second-order valence-corrected chi connectivity index (χ2v) is 5.85. The van der Waals surface area contributed by atoms with Gasteiger partial charge >= 0.3 is 5.97 Å². The molecule has 2 atom stereocenters. The number of nitrogens with two attached hydrogens (primary N) is 3. The molecule has 0 radical (unpaired) electrons. The van der Waals surface area contributed by atoms with Gasteiger partial charge in [-0.15, -0.1) is 0 Å². The molecule has 0 aliphatic heterocycles. The molecule has 0 aromatic rings. The summed E-state index contributed by atoms with van der Waals surface area (Å²) in [7, 11) is 1.60. The molecule has 0 fully saturated rings. The molecule has 0 aliphatic carbocycles. The summed E-state index contributed by atoms with van der Waals surface area (Å²) in [6.07, 6.45) is 0. The van der Waals surface area contributed by atoms with Gasteiger partial charge in [-0.1, -0.05) is 0 Å². The van der Waals surface area contributed by atoms with Gasteiger partial charge in [0, 0.05) is 11.5 Å². The standard InChI is InChI=1S/C6H12N2O2S4.C2H5NO2/c7-3(1-11)5(9)13-14-6(10)4(8)2-12;3-1-2(4)5/h3-4,11-12H,1-2,7-8H2;1,3H2,(H,4,5)/t3-,4-;/m0./s1. The number of hydrogen-bond acceptors (Lipinski definition) is 10. The van der Waals surface area contributed by atoms with Crippen LogP contribution in [0, 0.1) is 0 Å². The summed E-state index contributed by atoms with van der Waals surface area (Å²) in [5.41, 5.74) is 15.4. The molecule has 0 aliphatic rings. The molecule has 7 N–H and O–H groups in total. The van der Waals surface area contributed by atoms with Gasteiger partial charge in [-0.05, 0) is 21.6 Å². The molecule has 0 aromatic heterocycles. The molecular weight excluding hydrogens is 330 g/mol. The van der Waals surface area contributed by atoms with Crippen LogP contribution in [0.2, 0.25) is 0 Å². The first kappa shape index (κ1) is 21.4. The van der Waals surface area contributed by atoms with E-state index in [1.54, 1.807) is 0 Å². The molecule has 7 nitrogen and oxygen atoms in total. The third-order valence-electron chi connectivity index (χ3n) is 1.38. The van der Waals surface area contributed by atoms with Crippen LogP contribution in [-0.2, 0) is 14.4 Å². The van der Waals surface area contributed by atoms with Crippen LogP contribution >= 0.6 is 46.8 Å². The van der Waals surface area contributed by atoms with Crippen molar-refractivity contribution in [3.05, 3.63) is 0 Å². The highest BCUT2D eigenvalue weighted by Crippen LogP contribution is 2.25. The van der Waals surface area contributed by atoms with E-state index in [0.29, 0.717) is 0 Å². The van der Waals surface area contributed by atoms with Gasteiger partial charge in [0.15, 0.2) is 0 Å². The number of rotatable bonds is 5. The number of carbonyl (C=O) groups excluding carboxylic acids is 2. The van der Waals surface area contributed by atoms with Crippen LogP contribution in [-0.4, -0.2) is 51.4 Å². The van der Waals surface area contributed by atoms with Crippen LogP contribution in [0.3, 0.4) is 0 Å². The zero-order valence-corrected chi connectivity index (χ0v) is 13.3. The Morgan fingerprint density at radius 3 is 1.42 bits per heavy atom.